The van der Waals surface area contributed by atoms with Crippen LogP contribution >= 0.6 is 15.9 Å². The fourth-order valence-electron chi connectivity index (χ4n) is 2.93. The SMILES string of the molecule is Cc1onc(C(=O)Nc2cnn(Cc3ccc(Br)cc3)c2)c1COc1ccccc1F. The third-order valence-corrected chi connectivity index (χ3v) is 5.09. The molecular weight excluding hydrogens is 467 g/mol. The number of anilines is 1. The minimum atomic E-state index is -0.485. The summed E-state index contributed by atoms with van der Waals surface area (Å²) in [4.78, 5) is 12.7. The van der Waals surface area contributed by atoms with Crippen LogP contribution in [0.4, 0.5) is 10.1 Å². The number of nitrogens with one attached hydrogen (secondary N) is 1. The zero-order valence-corrected chi connectivity index (χ0v) is 18.1. The third kappa shape index (κ3) is 5.00. The summed E-state index contributed by atoms with van der Waals surface area (Å²) in [6, 6.07) is 13.9. The molecule has 0 fully saturated rings. The second-order valence-corrected chi connectivity index (χ2v) is 7.71. The molecule has 1 N–H and O–H groups in total. The van der Waals surface area contributed by atoms with Crippen LogP contribution in [0.15, 0.2) is 69.9 Å². The number of nitrogens with zero attached hydrogens (tertiary/aromatic N) is 3. The van der Waals surface area contributed by atoms with Crippen molar-refractivity contribution in [3.05, 3.63) is 93.8 Å². The Balaban J connectivity index is 1.43. The van der Waals surface area contributed by atoms with Gasteiger partial charge in [0, 0.05) is 10.7 Å². The zero-order chi connectivity index (χ0) is 21.8. The van der Waals surface area contributed by atoms with Gasteiger partial charge in [-0.05, 0) is 36.8 Å². The summed E-state index contributed by atoms with van der Waals surface area (Å²) in [7, 11) is 0. The number of para-hydroxylation sites is 1. The summed E-state index contributed by atoms with van der Waals surface area (Å²) in [6.45, 7) is 2.18. The molecule has 9 heteroatoms. The van der Waals surface area contributed by atoms with Gasteiger partial charge >= 0.3 is 0 Å². The Morgan fingerprint density at radius 1 is 1.23 bits per heavy atom. The van der Waals surface area contributed by atoms with E-state index in [0.29, 0.717) is 23.6 Å². The number of halogens is 2. The molecule has 2 heterocycles. The van der Waals surface area contributed by atoms with E-state index in [1.807, 2.05) is 24.3 Å². The van der Waals surface area contributed by atoms with Crippen molar-refractivity contribution >= 4 is 27.5 Å². The van der Waals surface area contributed by atoms with E-state index in [1.54, 1.807) is 36.1 Å². The monoisotopic (exact) mass is 484 g/mol. The number of carbonyl (C=O) groups is 1. The zero-order valence-electron chi connectivity index (χ0n) is 16.5. The quantitative estimate of drug-likeness (QED) is 0.400. The molecule has 0 saturated carbocycles. The van der Waals surface area contributed by atoms with Crippen LogP contribution < -0.4 is 10.1 Å². The molecule has 4 aromatic rings. The predicted molar refractivity (Wildman–Crippen MR) is 115 cm³/mol. The van der Waals surface area contributed by atoms with E-state index in [1.165, 1.54) is 12.1 Å². The summed E-state index contributed by atoms with van der Waals surface area (Å²) in [6.07, 6.45) is 3.28. The summed E-state index contributed by atoms with van der Waals surface area (Å²) >= 11 is 3.41. The van der Waals surface area contributed by atoms with E-state index in [9.17, 15) is 9.18 Å². The average molecular weight is 485 g/mol. The van der Waals surface area contributed by atoms with Crippen molar-refractivity contribution in [2.75, 3.05) is 5.32 Å². The number of hydrogen-bond donors (Lipinski definition) is 1. The third-order valence-electron chi connectivity index (χ3n) is 4.56. The van der Waals surface area contributed by atoms with Gasteiger partial charge < -0.3 is 14.6 Å². The number of ether oxygens (including phenoxy) is 1. The molecule has 0 aliphatic heterocycles. The van der Waals surface area contributed by atoms with E-state index in [-0.39, 0.29) is 18.1 Å². The minimum Gasteiger partial charge on any atom is -0.486 e. The number of aromatic nitrogens is 3. The van der Waals surface area contributed by atoms with Gasteiger partial charge in [0.15, 0.2) is 17.3 Å². The number of benzene rings is 2. The second kappa shape index (κ2) is 9.13. The Morgan fingerprint density at radius 2 is 2.00 bits per heavy atom. The first-order chi connectivity index (χ1) is 15.0. The Bertz CT molecular complexity index is 1200. The smallest absolute Gasteiger partial charge is 0.278 e. The van der Waals surface area contributed by atoms with Crippen LogP contribution in [0.2, 0.25) is 0 Å². The maximum Gasteiger partial charge on any atom is 0.278 e. The summed E-state index contributed by atoms with van der Waals surface area (Å²) in [5.41, 5.74) is 2.12. The van der Waals surface area contributed by atoms with Crippen LogP contribution in [0.5, 0.6) is 5.75 Å². The minimum absolute atomic E-state index is 0.0537. The van der Waals surface area contributed by atoms with E-state index in [0.717, 1.165) is 10.0 Å². The van der Waals surface area contributed by atoms with Crippen molar-refractivity contribution in [1.82, 2.24) is 14.9 Å². The van der Waals surface area contributed by atoms with Gasteiger partial charge in [-0.25, -0.2) is 4.39 Å². The second-order valence-electron chi connectivity index (χ2n) is 6.79. The molecule has 7 nitrogen and oxygen atoms in total. The molecule has 0 atom stereocenters. The van der Waals surface area contributed by atoms with Crippen LogP contribution in [0.25, 0.3) is 0 Å². The van der Waals surface area contributed by atoms with Crippen molar-refractivity contribution in [2.45, 2.75) is 20.1 Å². The van der Waals surface area contributed by atoms with Crippen molar-refractivity contribution in [3.8, 4) is 5.75 Å². The number of amides is 1. The lowest BCUT2D eigenvalue weighted by molar-refractivity contribution is 0.101. The van der Waals surface area contributed by atoms with E-state index in [4.69, 9.17) is 9.26 Å². The van der Waals surface area contributed by atoms with Gasteiger partial charge in [-0.2, -0.15) is 5.10 Å². The van der Waals surface area contributed by atoms with Gasteiger partial charge in [-0.3, -0.25) is 9.48 Å². The lowest BCUT2D eigenvalue weighted by Crippen LogP contribution is -2.15. The highest BCUT2D eigenvalue weighted by Crippen LogP contribution is 2.21. The van der Waals surface area contributed by atoms with Crippen molar-refractivity contribution in [1.29, 1.82) is 0 Å². The van der Waals surface area contributed by atoms with Crippen molar-refractivity contribution in [3.63, 3.8) is 0 Å². The number of aryl methyl sites for hydroxylation is 1. The molecule has 4 rings (SSSR count). The van der Waals surface area contributed by atoms with Gasteiger partial charge in [-0.15, -0.1) is 0 Å². The topological polar surface area (TPSA) is 82.2 Å². The Kier molecular flexibility index (Phi) is 6.13. The summed E-state index contributed by atoms with van der Waals surface area (Å²) in [5.74, 6) is -0.441. The first-order valence-electron chi connectivity index (χ1n) is 9.40. The maximum atomic E-state index is 13.8. The van der Waals surface area contributed by atoms with E-state index in [2.05, 4.69) is 31.5 Å². The summed E-state index contributed by atoms with van der Waals surface area (Å²) < 4.78 is 27.2. The van der Waals surface area contributed by atoms with Crippen LogP contribution in [-0.4, -0.2) is 20.8 Å². The molecule has 0 radical (unpaired) electrons. The Hall–Kier alpha value is -3.46. The van der Waals surface area contributed by atoms with Gasteiger partial charge in [0.05, 0.1) is 24.0 Å². The lowest BCUT2D eigenvalue weighted by Gasteiger charge is -2.07. The normalized spacial score (nSPS) is 10.8. The molecule has 2 aromatic heterocycles. The van der Waals surface area contributed by atoms with Gasteiger partial charge in [-0.1, -0.05) is 45.4 Å². The first kappa shape index (κ1) is 20.8. The largest absolute Gasteiger partial charge is 0.486 e. The molecule has 158 valence electrons. The highest BCUT2D eigenvalue weighted by atomic mass is 79.9. The van der Waals surface area contributed by atoms with E-state index >= 15 is 0 Å². The van der Waals surface area contributed by atoms with Crippen LogP contribution in [0, 0.1) is 12.7 Å². The molecule has 0 bridgehead atoms. The molecule has 1 amide bonds. The molecule has 0 spiro atoms. The van der Waals surface area contributed by atoms with E-state index < -0.39 is 11.7 Å². The molecule has 0 aliphatic rings. The maximum absolute atomic E-state index is 13.8. The lowest BCUT2D eigenvalue weighted by atomic mass is 10.2. The van der Waals surface area contributed by atoms with Crippen molar-refractivity contribution < 1.29 is 18.4 Å². The molecule has 2 aromatic carbocycles. The molecule has 0 unspecified atom stereocenters. The van der Waals surface area contributed by atoms with Gasteiger partial charge in [0.25, 0.3) is 5.91 Å². The number of hydrogen-bond acceptors (Lipinski definition) is 5. The van der Waals surface area contributed by atoms with Crippen LogP contribution in [0.3, 0.4) is 0 Å². The Morgan fingerprint density at radius 3 is 2.77 bits per heavy atom. The van der Waals surface area contributed by atoms with Gasteiger partial charge in [0.2, 0.25) is 0 Å². The average Bonchev–Trinajstić information content (AvgIpc) is 3.35. The first-order valence-corrected chi connectivity index (χ1v) is 10.2. The molecule has 0 aliphatic carbocycles. The molecule has 31 heavy (non-hydrogen) atoms. The number of rotatable bonds is 7. The Labute approximate surface area is 185 Å². The highest BCUT2D eigenvalue weighted by molar-refractivity contribution is 9.10. The molecule has 0 saturated heterocycles. The molecular formula is C22H18BrFN4O3. The fraction of sp³-hybridized carbons (Fsp3) is 0.136. The standard InChI is InChI=1S/C22H18BrFN4O3/c1-14-18(13-30-20-5-3-2-4-19(20)24)21(27-31-14)22(29)26-17-10-25-28(12-17)11-15-6-8-16(23)9-7-15/h2-10,12H,11,13H2,1H3,(H,26,29). The van der Waals surface area contributed by atoms with Crippen molar-refractivity contribution in [2.24, 2.45) is 0 Å². The van der Waals surface area contributed by atoms with Crippen LogP contribution in [-0.2, 0) is 13.2 Å². The fourth-order valence-corrected chi connectivity index (χ4v) is 3.20. The predicted octanol–water partition coefficient (Wildman–Crippen LogP) is 4.96. The summed E-state index contributed by atoms with van der Waals surface area (Å²) in [5, 5.41) is 10.9. The van der Waals surface area contributed by atoms with Gasteiger partial charge in [0.1, 0.15) is 12.4 Å². The number of carbonyl (C=O) groups excluding carboxylic acids is 1. The van der Waals surface area contributed by atoms with Crippen LogP contribution in [0.1, 0.15) is 27.4 Å². The highest BCUT2D eigenvalue weighted by Gasteiger charge is 2.21.